The van der Waals surface area contributed by atoms with Crippen molar-refractivity contribution >= 4 is 11.9 Å². The number of hydrogen-bond acceptors (Lipinski definition) is 4. The number of nitrogens with zero attached hydrogens (tertiary/aromatic N) is 2. The predicted molar refractivity (Wildman–Crippen MR) is 101 cm³/mol. The lowest BCUT2D eigenvalue weighted by Crippen LogP contribution is -2.40. The lowest BCUT2D eigenvalue weighted by atomic mass is 9.99. The quantitative estimate of drug-likeness (QED) is 0.445. The van der Waals surface area contributed by atoms with E-state index in [1.165, 1.54) is 0 Å². The second kappa shape index (κ2) is 11.5. The Morgan fingerprint density at radius 3 is 2.56 bits per heavy atom. The average molecular weight is 351 g/mol. The maximum atomic E-state index is 11.7. The Kier molecular flexibility index (Phi) is 9.65. The third-order valence-electron chi connectivity index (χ3n) is 3.81. The molecule has 0 aliphatic rings. The van der Waals surface area contributed by atoms with Crippen molar-refractivity contribution in [1.29, 1.82) is 0 Å². The molecule has 0 aliphatic carbocycles. The Morgan fingerprint density at radius 1 is 1.24 bits per heavy atom. The highest BCUT2D eigenvalue weighted by atomic mass is 16.5. The minimum atomic E-state index is 0.0309. The molecular weight excluding hydrogens is 318 g/mol. The maximum Gasteiger partial charge on any atom is 0.221 e. The number of hydrogen-bond donors (Lipinski definition) is 3. The van der Waals surface area contributed by atoms with Crippen molar-refractivity contribution in [3.8, 4) is 0 Å². The van der Waals surface area contributed by atoms with E-state index < -0.39 is 0 Å². The van der Waals surface area contributed by atoms with E-state index in [1.54, 1.807) is 0 Å². The first-order valence-corrected chi connectivity index (χ1v) is 9.27. The summed E-state index contributed by atoms with van der Waals surface area (Å²) in [6.07, 6.45) is 2.51. The smallest absolute Gasteiger partial charge is 0.221 e. The van der Waals surface area contributed by atoms with Gasteiger partial charge < -0.3 is 20.5 Å². The number of guanidine groups is 1. The van der Waals surface area contributed by atoms with Gasteiger partial charge in [0.25, 0.3) is 0 Å². The fourth-order valence-corrected chi connectivity index (χ4v) is 2.49. The molecule has 0 saturated carbocycles. The van der Waals surface area contributed by atoms with Gasteiger partial charge in [-0.1, -0.05) is 19.0 Å². The Hall–Kier alpha value is -2.05. The third-order valence-corrected chi connectivity index (χ3v) is 3.81. The monoisotopic (exact) mass is 351 g/mol. The van der Waals surface area contributed by atoms with Gasteiger partial charge in [0.15, 0.2) is 11.7 Å². The van der Waals surface area contributed by atoms with E-state index in [0.717, 1.165) is 30.8 Å². The van der Waals surface area contributed by atoms with Crippen LogP contribution in [-0.2, 0) is 11.3 Å². The molecule has 0 bridgehead atoms. The molecule has 142 valence electrons. The summed E-state index contributed by atoms with van der Waals surface area (Å²) in [7, 11) is 0. The molecule has 0 spiro atoms. The van der Waals surface area contributed by atoms with Crippen LogP contribution in [0.3, 0.4) is 0 Å². The molecule has 1 heterocycles. The molecule has 1 amide bonds. The highest BCUT2D eigenvalue weighted by molar-refractivity contribution is 5.81. The van der Waals surface area contributed by atoms with Gasteiger partial charge in [-0.15, -0.1) is 0 Å². The summed E-state index contributed by atoms with van der Waals surface area (Å²) in [5.41, 5.74) is 0.999. The van der Waals surface area contributed by atoms with Crippen LogP contribution in [0.25, 0.3) is 0 Å². The van der Waals surface area contributed by atoms with Crippen LogP contribution in [0.5, 0.6) is 0 Å². The van der Waals surface area contributed by atoms with Gasteiger partial charge in [0, 0.05) is 37.5 Å². The predicted octanol–water partition coefficient (Wildman–Crippen LogP) is 2.55. The van der Waals surface area contributed by atoms with E-state index in [4.69, 9.17) is 4.52 Å². The molecule has 25 heavy (non-hydrogen) atoms. The van der Waals surface area contributed by atoms with Gasteiger partial charge in [0.2, 0.25) is 5.91 Å². The van der Waals surface area contributed by atoms with Crippen molar-refractivity contribution in [2.75, 3.05) is 13.1 Å². The molecule has 7 nitrogen and oxygen atoms in total. The first kappa shape index (κ1) is 21.0. The molecule has 0 unspecified atom stereocenters. The van der Waals surface area contributed by atoms with E-state index >= 15 is 0 Å². The van der Waals surface area contributed by atoms with Crippen LogP contribution in [0.15, 0.2) is 15.6 Å². The molecule has 7 heteroatoms. The van der Waals surface area contributed by atoms with Crippen LogP contribution in [0.4, 0.5) is 0 Å². The number of rotatable bonds is 10. The Balaban J connectivity index is 2.53. The van der Waals surface area contributed by atoms with Crippen molar-refractivity contribution in [1.82, 2.24) is 21.1 Å². The van der Waals surface area contributed by atoms with Crippen LogP contribution >= 0.6 is 0 Å². The van der Waals surface area contributed by atoms with Crippen LogP contribution in [-0.4, -0.2) is 36.2 Å². The minimum Gasteiger partial charge on any atom is -0.359 e. The van der Waals surface area contributed by atoms with Crippen molar-refractivity contribution in [3.63, 3.8) is 0 Å². The van der Waals surface area contributed by atoms with Gasteiger partial charge in [-0.05, 0) is 33.6 Å². The number of nitrogens with one attached hydrogen (secondary N) is 3. The van der Waals surface area contributed by atoms with Crippen molar-refractivity contribution < 1.29 is 9.32 Å². The summed E-state index contributed by atoms with van der Waals surface area (Å²) in [5, 5.41) is 13.4. The maximum absolute atomic E-state index is 11.7. The second-order valence-corrected chi connectivity index (χ2v) is 6.33. The molecule has 0 aromatic carbocycles. The van der Waals surface area contributed by atoms with Crippen LogP contribution in [0, 0.1) is 0 Å². The largest absolute Gasteiger partial charge is 0.359 e. The minimum absolute atomic E-state index is 0.0309. The van der Waals surface area contributed by atoms with Gasteiger partial charge in [-0.3, -0.25) is 4.79 Å². The van der Waals surface area contributed by atoms with E-state index in [2.05, 4.69) is 39.9 Å². The number of amides is 1. The van der Waals surface area contributed by atoms with Crippen molar-refractivity contribution in [2.45, 2.75) is 72.4 Å². The Labute approximate surface area is 151 Å². The normalized spacial score (nSPS) is 11.9. The second-order valence-electron chi connectivity index (χ2n) is 6.33. The molecule has 0 aliphatic heterocycles. The summed E-state index contributed by atoms with van der Waals surface area (Å²) in [6, 6.07) is 2.14. The zero-order chi connectivity index (χ0) is 18.7. The Bertz CT molecular complexity index is 535. The van der Waals surface area contributed by atoms with Gasteiger partial charge >= 0.3 is 0 Å². The molecule has 0 atom stereocenters. The summed E-state index contributed by atoms with van der Waals surface area (Å²) < 4.78 is 5.39. The first-order valence-electron chi connectivity index (χ1n) is 9.27. The lowest BCUT2D eigenvalue weighted by Gasteiger charge is -2.12. The van der Waals surface area contributed by atoms with Crippen molar-refractivity contribution in [2.24, 2.45) is 4.99 Å². The standard InChI is InChI=1S/C18H33N5O2/c1-6-14(7-2)16-11-15(25-23-16)12-21-18(19-8-3)20-10-9-17(24)22-13(4)5/h11,13-14H,6-10,12H2,1-5H3,(H,22,24)(H2,19,20,21). The van der Waals surface area contributed by atoms with Crippen LogP contribution < -0.4 is 16.0 Å². The topological polar surface area (TPSA) is 91.6 Å². The molecular formula is C18H33N5O2. The zero-order valence-electron chi connectivity index (χ0n) is 16.2. The summed E-state index contributed by atoms with van der Waals surface area (Å²) in [4.78, 5) is 16.2. The molecule has 1 aromatic heterocycles. The van der Waals surface area contributed by atoms with Gasteiger partial charge in [0.05, 0.1) is 5.69 Å². The molecule has 0 fully saturated rings. The SMILES string of the molecule is CCNC(=NCc1cc(C(CC)CC)no1)NCCC(=O)NC(C)C. The molecule has 1 rings (SSSR count). The fourth-order valence-electron chi connectivity index (χ4n) is 2.49. The van der Waals surface area contributed by atoms with Crippen molar-refractivity contribution in [3.05, 3.63) is 17.5 Å². The Morgan fingerprint density at radius 2 is 1.96 bits per heavy atom. The van der Waals surface area contributed by atoms with E-state index in [1.807, 2.05) is 26.8 Å². The third kappa shape index (κ3) is 8.05. The van der Waals surface area contributed by atoms with Gasteiger partial charge in [0.1, 0.15) is 6.54 Å². The highest BCUT2D eigenvalue weighted by Crippen LogP contribution is 2.22. The van der Waals surface area contributed by atoms with Gasteiger partial charge in [-0.2, -0.15) is 0 Å². The summed E-state index contributed by atoms with van der Waals surface area (Å²) >= 11 is 0. The number of carbonyl (C=O) groups is 1. The highest BCUT2D eigenvalue weighted by Gasteiger charge is 2.12. The van der Waals surface area contributed by atoms with E-state index in [-0.39, 0.29) is 11.9 Å². The van der Waals surface area contributed by atoms with E-state index in [9.17, 15) is 4.79 Å². The number of aromatic nitrogens is 1. The zero-order valence-corrected chi connectivity index (χ0v) is 16.2. The number of carbonyl (C=O) groups excluding carboxylic acids is 1. The fraction of sp³-hybridized carbons (Fsp3) is 0.722. The number of aliphatic imine (C=N–C) groups is 1. The summed E-state index contributed by atoms with van der Waals surface area (Å²) in [5.74, 6) is 1.88. The molecule has 3 N–H and O–H groups in total. The van der Waals surface area contributed by atoms with Crippen LogP contribution in [0.2, 0.25) is 0 Å². The molecule has 0 saturated heterocycles. The summed E-state index contributed by atoms with van der Waals surface area (Å²) in [6.45, 7) is 11.9. The van der Waals surface area contributed by atoms with Gasteiger partial charge in [-0.25, -0.2) is 4.99 Å². The average Bonchev–Trinajstić information content (AvgIpc) is 3.02. The lowest BCUT2D eigenvalue weighted by molar-refractivity contribution is -0.121. The first-order chi connectivity index (χ1) is 12.0. The van der Waals surface area contributed by atoms with Crippen LogP contribution in [0.1, 0.15) is 71.3 Å². The molecule has 1 aromatic rings. The molecule has 0 radical (unpaired) electrons. The van der Waals surface area contributed by atoms with E-state index in [0.29, 0.717) is 31.4 Å².